The highest BCUT2D eigenvalue weighted by molar-refractivity contribution is 7.12. The Morgan fingerprint density at radius 2 is 2.41 bits per heavy atom. The lowest BCUT2D eigenvalue weighted by atomic mass is 10.1. The normalized spacial score (nSPS) is 24.8. The number of aliphatic hydroxyl groups is 1. The van der Waals surface area contributed by atoms with Crippen molar-refractivity contribution in [3.05, 3.63) is 34.0 Å². The zero-order valence-corrected chi connectivity index (χ0v) is 10.6. The number of nitriles is 1. The van der Waals surface area contributed by atoms with Gasteiger partial charge in [-0.3, -0.25) is 0 Å². The summed E-state index contributed by atoms with van der Waals surface area (Å²) in [5, 5.41) is 21.3. The van der Waals surface area contributed by atoms with Crippen LogP contribution in [0, 0.1) is 17.2 Å². The molecule has 1 aromatic heterocycles. The molecule has 4 heteroatoms. The molecule has 0 amide bonds. The molecule has 3 nitrogen and oxygen atoms in total. The molecule has 0 aliphatic heterocycles. The first-order valence-corrected chi connectivity index (χ1v) is 6.59. The highest BCUT2D eigenvalue weighted by Crippen LogP contribution is 2.25. The second-order valence-electron chi connectivity index (χ2n) is 4.37. The average molecular weight is 248 g/mol. The van der Waals surface area contributed by atoms with Crippen molar-refractivity contribution in [2.45, 2.75) is 25.4 Å². The smallest absolute Gasteiger partial charge is 0.110 e. The van der Waals surface area contributed by atoms with E-state index in [1.807, 2.05) is 12.1 Å². The minimum atomic E-state index is 0.223. The van der Waals surface area contributed by atoms with Crippen LogP contribution in [0.15, 0.2) is 24.3 Å². The van der Waals surface area contributed by atoms with Gasteiger partial charge >= 0.3 is 0 Å². The van der Waals surface area contributed by atoms with Crippen molar-refractivity contribution in [1.29, 1.82) is 5.26 Å². The standard InChI is InChI=1S/C13H16N2OS/c1-9(13-5-4-12(7-14)17-13)15-11-3-2-10(6-11)8-16/h2-5,9-11,15-16H,6,8H2,1H3/t9?,10-,11+/m0/s1. The highest BCUT2D eigenvalue weighted by atomic mass is 32.1. The van der Waals surface area contributed by atoms with Crippen LogP contribution in [0.1, 0.15) is 29.1 Å². The number of nitrogens with zero attached hydrogens (tertiary/aromatic N) is 1. The molecule has 1 aliphatic rings. The largest absolute Gasteiger partial charge is 0.396 e. The van der Waals surface area contributed by atoms with Gasteiger partial charge in [-0.15, -0.1) is 11.3 Å². The number of hydrogen-bond donors (Lipinski definition) is 2. The summed E-state index contributed by atoms with van der Waals surface area (Å²) in [6, 6.07) is 6.59. The first-order valence-electron chi connectivity index (χ1n) is 5.78. The molecular formula is C13H16N2OS. The third-order valence-corrected chi connectivity index (χ3v) is 4.21. The first kappa shape index (κ1) is 12.3. The van der Waals surface area contributed by atoms with Crippen molar-refractivity contribution in [2.75, 3.05) is 6.61 Å². The molecule has 0 saturated heterocycles. The molecule has 0 saturated carbocycles. The van der Waals surface area contributed by atoms with Gasteiger partial charge in [0.2, 0.25) is 0 Å². The lowest BCUT2D eigenvalue weighted by molar-refractivity contribution is 0.245. The van der Waals surface area contributed by atoms with Crippen molar-refractivity contribution >= 4 is 11.3 Å². The molecule has 1 aromatic rings. The number of aliphatic hydroxyl groups excluding tert-OH is 1. The Morgan fingerprint density at radius 3 is 3.00 bits per heavy atom. The molecule has 0 aromatic carbocycles. The molecule has 17 heavy (non-hydrogen) atoms. The summed E-state index contributed by atoms with van der Waals surface area (Å²) in [5.74, 6) is 0.290. The molecule has 2 rings (SSSR count). The summed E-state index contributed by atoms with van der Waals surface area (Å²) >= 11 is 1.53. The zero-order chi connectivity index (χ0) is 12.3. The van der Waals surface area contributed by atoms with Crippen LogP contribution in [-0.4, -0.2) is 17.8 Å². The molecule has 0 fully saturated rings. The van der Waals surface area contributed by atoms with E-state index in [9.17, 15) is 0 Å². The van der Waals surface area contributed by atoms with Gasteiger partial charge in [-0.05, 0) is 25.5 Å². The average Bonchev–Trinajstić information content (AvgIpc) is 2.96. The second-order valence-corrected chi connectivity index (χ2v) is 5.49. The predicted molar refractivity (Wildman–Crippen MR) is 68.7 cm³/mol. The van der Waals surface area contributed by atoms with E-state index in [2.05, 4.69) is 30.5 Å². The van der Waals surface area contributed by atoms with Gasteiger partial charge in [0.25, 0.3) is 0 Å². The van der Waals surface area contributed by atoms with Crippen LogP contribution in [0.25, 0.3) is 0 Å². The Bertz CT molecular complexity index is 447. The SMILES string of the molecule is CC(N[C@@H]1C=C[C@H](CO)C1)c1ccc(C#N)s1. The molecule has 0 bridgehead atoms. The van der Waals surface area contributed by atoms with Gasteiger partial charge in [0.05, 0.1) is 0 Å². The van der Waals surface area contributed by atoms with Gasteiger partial charge in [-0.2, -0.15) is 5.26 Å². The van der Waals surface area contributed by atoms with E-state index in [0.29, 0.717) is 6.04 Å². The molecule has 1 aliphatic carbocycles. The maximum Gasteiger partial charge on any atom is 0.110 e. The Balaban J connectivity index is 1.92. The van der Waals surface area contributed by atoms with E-state index in [1.54, 1.807) is 0 Å². The van der Waals surface area contributed by atoms with Gasteiger partial charge in [0, 0.05) is 29.5 Å². The second kappa shape index (κ2) is 5.46. The lowest BCUT2D eigenvalue weighted by Crippen LogP contribution is -2.28. The topological polar surface area (TPSA) is 56.0 Å². The number of thiophene rings is 1. The fraction of sp³-hybridized carbons (Fsp3) is 0.462. The molecule has 1 heterocycles. The molecule has 1 unspecified atom stereocenters. The highest BCUT2D eigenvalue weighted by Gasteiger charge is 2.20. The Labute approximate surface area is 105 Å². The fourth-order valence-corrected chi connectivity index (χ4v) is 2.90. The maximum absolute atomic E-state index is 9.06. The van der Waals surface area contributed by atoms with Crippen LogP contribution in [0.4, 0.5) is 0 Å². The van der Waals surface area contributed by atoms with Gasteiger partial charge in [-0.25, -0.2) is 0 Å². The monoisotopic (exact) mass is 248 g/mol. The van der Waals surface area contributed by atoms with Crippen molar-refractivity contribution < 1.29 is 5.11 Å². The maximum atomic E-state index is 9.06. The van der Waals surface area contributed by atoms with E-state index >= 15 is 0 Å². The van der Waals surface area contributed by atoms with E-state index in [1.165, 1.54) is 16.2 Å². The summed E-state index contributed by atoms with van der Waals surface area (Å²) in [5.41, 5.74) is 0. The summed E-state index contributed by atoms with van der Waals surface area (Å²) in [6.07, 6.45) is 5.15. The quantitative estimate of drug-likeness (QED) is 0.803. The van der Waals surface area contributed by atoms with Crippen LogP contribution < -0.4 is 5.32 Å². The third-order valence-electron chi connectivity index (χ3n) is 3.03. The van der Waals surface area contributed by atoms with Crippen molar-refractivity contribution in [3.8, 4) is 6.07 Å². The van der Waals surface area contributed by atoms with Crippen LogP contribution in [0.5, 0.6) is 0 Å². The van der Waals surface area contributed by atoms with Gasteiger partial charge in [-0.1, -0.05) is 12.2 Å². The van der Waals surface area contributed by atoms with Gasteiger partial charge < -0.3 is 10.4 Å². The molecular weight excluding hydrogens is 232 g/mol. The van der Waals surface area contributed by atoms with Crippen molar-refractivity contribution in [3.63, 3.8) is 0 Å². The van der Waals surface area contributed by atoms with Crippen LogP contribution in [0.2, 0.25) is 0 Å². The van der Waals surface area contributed by atoms with Crippen molar-refractivity contribution in [1.82, 2.24) is 5.32 Å². The van der Waals surface area contributed by atoms with E-state index in [0.717, 1.165) is 11.3 Å². The minimum absolute atomic E-state index is 0.223. The minimum Gasteiger partial charge on any atom is -0.396 e. The number of rotatable bonds is 4. The molecule has 0 radical (unpaired) electrons. The summed E-state index contributed by atoms with van der Waals surface area (Å²) in [7, 11) is 0. The van der Waals surface area contributed by atoms with E-state index in [-0.39, 0.29) is 18.6 Å². The van der Waals surface area contributed by atoms with Crippen LogP contribution >= 0.6 is 11.3 Å². The van der Waals surface area contributed by atoms with Gasteiger partial charge in [0.15, 0.2) is 0 Å². The summed E-state index contributed by atoms with van der Waals surface area (Å²) < 4.78 is 0. The van der Waals surface area contributed by atoms with E-state index < -0.39 is 0 Å². The predicted octanol–water partition coefficient (Wildman–Crippen LogP) is 2.21. The zero-order valence-electron chi connectivity index (χ0n) is 9.76. The fourth-order valence-electron chi connectivity index (χ4n) is 2.08. The van der Waals surface area contributed by atoms with Crippen molar-refractivity contribution in [2.24, 2.45) is 5.92 Å². The molecule has 0 spiro atoms. The van der Waals surface area contributed by atoms with Gasteiger partial charge in [0.1, 0.15) is 10.9 Å². The first-order chi connectivity index (χ1) is 8.22. The van der Waals surface area contributed by atoms with E-state index in [4.69, 9.17) is 10.4 Å². The third kappa shape index (κ3) is 2.95. The van der Waals surface area contributed by atoms with Crippen LogP contribution in [0.3, 0.4) is 0 Å². The molecule has 3 atom stereocenters. The number of nitrogens with one attached hydrogen (secondary N) is 1. The molecule has 2 N–H and O–H groups in total. The Kier molecular flexibility index (Phi) is 3.95. The van der Waals surface area contributed by atoms with Crippen LogP contribution in [-0.2, 0) is 0 Å². The number of hydrogen-bond acceptors (Lipinski definition) is 4. The Hall–Kier alpha value is -1.15. The molecule has 90 valence electrons. The summed E-state index contributed by atoms with van der Waals surface area (Å²) in [6.45, 7) is 2.33. The lowest BCUT2D eigenvalue weighted by Gasteiger charge is -2.18. The Morgan fingerprint density at radius 1 is 1.59 bits per heavy atom. The summed E-state index contributed by atoms with van der Waals surface area (Å²) in [4.78, 5) is 1.94.